The van der Waals surface area contributed by atoms with Crippen LogP contribution in [-0.2, 0) is 19.9 Å². The number of hydrogen-bond acceptors (Lipinski definition) is 3. The Morgan fingerprint density at radius 3 is 3.00 bits per heavy atom. The molecule has 0 unspecified atom stereocenters. The third-order valence-corrected chi connectivity index (χ3v) is 3.47. The van der Waals surface area contributed by atoms with Gasteiger partial charge >= 0.3 is 0 Å². The third-order valence-electron chi connectivity index (χ3n) is 3.47. The molecule has 0 saturated carbocycles. The van der Waals surface area contributed by atoms with Crippen LogP contribution in [0.15, 0.2) is 24.5 Å². The summed E-state index contributed by atoms with van der Waals surface area (Å²) in [7, 11) is 1.87. The first-order chi connectivity index (χ1) is 9.25. The summed E-state index contributed by atoms with van der Waals surface area (Å²) in [6.07, 6.45) is 7.56. The van der Waals surface area contributed by atoms with Crippen molar-refractivity contribution in [2.24, 2.45) is 7.05 Å². The van der Waals surface area contributed by atoms with Gasteiger partial charge in [0.05, 0.1) is 11.3 Å². The van der Waals surface area contributed by atoms with E-state index < -0.39 is 0 Å². The molecule has 5 nitrogen and oxygen atoms in total. The first kappa shape index (κ1) is 11.9. The van der Waals surface area contributed by atoms with E-state index in [1.54, 1.807) is 29.2 Å². The van der Waals surface area contributed by atoms with Crippen LogP contribution in [0.1, 0.15) is 34.5 Å². The summed E-state index contributed by atoms with van der Waals surface area (Å²) in [5.41, 5.74) is 2.87. The number of amides is 1. The van der Waals surface area contributed by atoms with E-state index in [1.165, 1.54) is 12.0 Å². The largest absolute Gasteiger partial charge is 0.306 e. The van der Waals surface area contributed by atoms with Crippen molar-refractivity contribution in [1.82, 2.24) is 14.8 Å². The molecular weight excluding hydrogens is 240 g/mol. The fourth-order valence-electron chi connectivity index (χ4n) is 2.51. The molecule has 0 aliphatic heterocycles. The Bertz CT molecular complexity index is 603. The van der Waals surface area contributed by atoms with Crippen LogP contribution in [0.2, 0.25) is 0 Å². The van der Waals surface area contributed by atoms with Crippen molar-refractivity contribution in [2.75, 3.05) is 5.32 Å². The average molecular weight is 256 g/mol. The van der Waals surface area contributed by atoms with Crippen LogP contribution in [0.25, 0.3) is 0 Å². The number of aromatic nitrogens is 3. The molecule has 0 aromatic carbocycles. The van der Waals surface area contributed by atoms with Gasteiger partial charge in [-0.05, 0) is 37.8 Å². The molecule has 1 aliphatic carbocycles. The first-order valence-electron chi connectivity index (χ1n) is 6.52. The lowest BCUT2D eigenvalue weighted by atomic mass is 9.97. The van der Waals surface area contributed by atoms with Crippen molar-refractivity contribution < 1.29 is 4.79 Å². The van der Waals surface area contributed by atoms with Crippen molar-refractivity contribution in [1.29, 1.82) is 0 Å². The van der Waals surface area contributed by atoms with Crippen LogP contribution >= 0.6 is 0 Å². The van der Waals surface area contributed by atoms with E-state index in [4.69, 9.17) is 0 Å². The maximum atomic E-state index is 12.2. The lowest BCUT2D eigenvalue weighted by Gasteiger charge is -2.12. The van der Waals surface area contributed by atoms with E-state index in [0.29, 0.717) is 5.56 Å². The summed E-state index contributed by atoms with van der Waals surface area (Å²) >= 11 is 0. The van der Waals surface area contributed by atoms with Gasteiger partial charge in [-0.15, -0.1) is 0 Å². The lowest BCUT2D eigenvalue weighted by Crippen LogP contribution is -2.16. The van der Waals surface area contributed by atoms with Gasteiger partial charge in [-0.1, -0.05) is 0 Å². The van der Waals surface area contributed by atoms with E-state index in [9.17, 15) is 4.79 Å². The Balaban J connectivity index is 1.88. The van der Waals surface area contributed by atoms with E-state index in [1.807, 2.05) is 7.05 Å². The average Bonchev–Trinajstić information content (AvgIpc) is 2.76. The Kier molecular flexibility index (Phi) is 3.03. The zero-order chi connectivity index (χ0) is 13.2. The summed E-state index contributed by atoms with van der Waals surface area (Å²) in [5.74, 6) is 0.688. The number of nitrogens with zero attached hydrogens (tertiary/aromatic N) is 3. The van der Waals surface area contributed by atoms with Crippen LogP contribution in [0, 0.1) is 0 Å². The normalized spacial score (nSPS) is 13.9. The maximum Gasteiger partial charge on any atom is 0.258 e. The van der Waals surface area contributed by atoms with Crippen LogP contribution < -0.4 is 5.32 Å². The van der Waals surface area contributed by atoms with Gasteiger partial charge in [-0.25, -0.2) is 0 Å². The van der Waals surface area contributed by atoms with Gasteiger partial charge in [0.1, 0.15) is 5.82 Å². The number of fused-ring (bicyclic) bond motifs is 1. The molecule has 2 heterocycles. The Morgan fingerprint density at radius 1 is 1.37 bits per heavy atom. The van der Waals surface area contributed by atoms with Crippen molar-refractivity contribution in [3.63, 3.8) is 0 Å². The zero-order valence-corrected chi connectivity index (χ0v) is 10.9. The molecule has 0 atom stereocenters. The molecule has 1 aliphatic rings. The Morgan fingerprint density at radius 2 is 2.21 bits per heavy atom. The second kappa shape index (κ2) is 4.84. The monoisotopic (exact) mass is 256 g/mol. The molecule has 0 radical (unpaired) electrons. The maximum absolute atomic E-state index is 12.2. The van der Waals surface area contributed by atoms with Gasteiger partial charge in [0.25, 0.3) is 5.91 Å². The standard InChI is InChI=1S/C14H16N4O/c1-18-13(11-6-2-3-7-12(11)17-18)16-14(19)10-5-4-8-15-9-10/h4-5,8-9H,2-3,6-7H2,1H3,(H,16,19). The molecule has 1 amide bonds. The molecule has 3 rings (SSSR count). The van der Waals surface area contributed by atoms with Crippen LogP contribution in [0.4, 0.5) is 5.82 Å². The summed E-state index contributed by atoms with van der Waals surface area (Å²) < 4.78 is 1.77. The number of anilines is 1. The number of rotatable bonds is 2. The second-order valence-corrected chi connectivity index (χ2v) is 4.80. The number of carbonyl (C=O) groups is 1. The molecule has 19 heavy (non-hydrogen) atoms. The van der Waals surface area contributed by atoms with Gasteiger partial charge in [0.15, 0.2) is 0 Å². The van der Waals surface area contributed by atoms with Gasteiger partial charge in [-0.2, -0.15) is 5.10 Å². The topological polar surface area (TPSA) is 59.8 Å². The number of aryl methyl sites for hydroxylation is 2. The highest BCUT2D eigenvalue weighted by molar-refractivity contribution is 6.04. The fraction of sp³-hybridized carbons (Fsp3) is 0.357. The molecule has 98 valence electrons. The van der Waals surface area contributed by atoms with E-state index in [-0.39, 0.29) is 5.91 Å². The van der Waals surface area contributed by atoms with Gasteiger partial charge in [-0.3, -0.25) is 14.5 Å². The van der Waals surface area contributed by atoms with Crippen molar-refractivity contribution in [3.8, 4) is 0 Å². The second-order valence-electron chi connectivity index (χ2n) is 4.80. The molecule has 0 saturated heterocycles. The van der Waals surface area contributed by atoms with Gasteiger partial charge < -0.3 is 5.32 Å². The predicted molar refractivity (Wildman–Crippen MR) is 72.0 cm³/mol. The molecule has 0 fully saturated rings. The van der Waals surface area contributed by atoms with Crippen molar-refractivity contribution in [3.05, 3.63) is 41.3 Å². The minimum atomic E-state index is -0.135. The summed E-state index contributed by atoms with van der Waals surface area (Å²) in [4.78, 5) is 16.1. The fourth-order valence-corrected chi connectivity index (χ4v) is 2.51. The number of nitrogens with one attached hydrogen (secondary N) is 1. The molecule has 2 aromatic heterocycles. The smallest absolute Gasteiger partial charge is 0.258 e. The van der Waals surface area contributed by atoms with Crippen molar-refractivity contribution >= 4 is 11.7 Å². The van der Waals surface area contributed by atoms with E-state index in [2.05, 4.69) is 15.4 Å². The summed E-state index contributed by atoms with van der Waals surface area (Å²) in [6.45, 7) is 0. The Labute approximate surface area is 111 Å². The first-order valence-corrected chi connectivity index (χ1v) is 6.52. The van der Waals surface area contributed by atoms with Crippen molar-refractivity contribution in [2.45, 2.75) is 25.7 Å². The highest BCUT2D eigenvalue weighted by Gasteiger charge is 2.20. The highest BCUT2D eigenvalue weighted by atomic mass is 16.1. The Hall–Kier alpha value is -2.17. The molecule has 1 N–H and O–H groups in total. The predicted octanol–water partition coefficient (Wildman–Crippen LogP) is 1.95. The number of carbonyl (C=O) groups excluding carboxylic acids is 1. The molecule has 2 aromatic rings. The molecule has 0 bridgehead atoms. The van der Waals surface area contributed by atoms with E-state index >= 15 is 0 Å². The highest BCUT2D eigenvalue weighted by Crippen LogP contribution is 2.27. The zero-order valence-electron chi connectivity index (χ0n) is 10.9. The minimum absolute atomic E-state index is 0.135. The summed E-state index contributed by atoms with van der Waals surface area (Å²) in [5, 5.41) is 7.44. The van der Waals surface area contributed by atoms with Gasteiger partial charge in [0.2, 0.25) is 0 Å². The third kappa shape index (κ3) is 2.23. The lowest BCUT2D eigenvalue weighted by molar-refractivity contribution is 0.102. The molecular formula is C14H16N4O. The van der Waals surface area contributed by atoms with Crippen LogP contribution in [0.5, 0.6) is 0 Å². The minimum Gasteiger partial charge on any atom is -0.306 e. The summed E-state index contributed by atoms with van der Waals surface area (Å²) in [6, 6.07) is 3.51. The quantitative estimate of drug-likeness (QED) is 0.893. The number of pyridine rings is 1. The molecule has 5 heteroatoms. The van der Waals surface area contributed by atoms with Crippen LogP contribution in [0.3, 0.4) is 0 Å². The molecule has 0 spiro atoms. The van der Waals surface area contributed by atoms with Crippen LogP contribution in [-0.4, -0.2) is 20.7 Å². The van der Waals surface area contributed by atoms with E-state index in [0.717, 1.165) is 30.8 Å². The van der Waals surface area contributed by atoms with Gasteiger partial charge in [0, 0.05) is 25.0 Å². The SMILES string of the molecule is Cn1nc2c(c1NC(=O)c1cccnc1)CCCC2. The number of hydrogen-bond donors (Lipinski definition) is 1.